The molecule has 2 aromatic rings. The largest absolute Gasteiger partial charge is 0.426 e. The number of carbonyl (C=O) groups is 2. The van der Waals surface area contributed by atoms with E-state index in [0.29, 0.717) is 24.8 Å². The molecular formula is C19H20N2O4. The zero-order valence-electron chi connectivity index (χ0n) is 13.8. The fourth-order valence-corrected chi connectivity index (χ4v) is 3.04. The van der Waals surface area contributed by atoms with Crippen molar-refractivity contribution in [2.45, 2.75) is 37.8 Å². The maximum atomic E-state index is 12.7. The number of ether oxygens (including phenoxy) is 1. The summed E-state index contributed by atoms with van der Waals surface area (Å²) in [5.74, 6) is 0.764. The number of furan rings is 1. The van der Waals surface area contributed by atoms with Crippen LogP contribution in [0.5, 0.6) is 11.7 Å². The van der Waals surface area contributed by atoms with Gasteiger partial charge in [-0.25, -0.2) is 0 Å². The molecule has 25 heavy (non-hydrogen) atoms. The summed E-state index contributed by atoms with van der Waals surface area (Å²) in [4.78, 5) is 26.7. The normalized spacial score (nSPS) is 19.7. The summed E-state index contributed by atoms with van der Waals surface area (Å²) in [5, 5.41) is 2.98. The first-order valence-corrected chi connectivity index (χ1v) is 8.65. The van der Waals surface area contributed by atoms with Crippen molar-refractivity contribution in [2.24, 2.45) is 0 Å². The number of nitrogens with zero attached hydrogens (tertiary/aromatic N) is 1. The van der Waals surface area contributed by atoms with E-state index in [1.54, 1.807) is 17.0 Å². The maximum Gasteiger partial charge on any atom is 0.290 e. The van der Waals surface area contributed by atoms with Crippen molar-refractivity contribution in [3.05, 3.63) is 48.2 Å². The summed E-state index contributed by atoms with van der Waals surface area (Å²) >= 11 is 0. The highest BCUT2D eigenvalue weighted by atomic mass is 16.6. The Morgan fingerprint density at radius 3 is 2.64 bits per heavy atom. The van der Waals surface area contributed by atoms with Gasteiger partial charge < -0.3 is 19.4 Å². The Morgan fingerprint density at radius 2 is 1.88 bits per heavy atom. The zero-order chi connectivity index (χ0) is 17.2. The molecule has 1 saturated carbocycles. The second kappa shape index (κ2) is 6.63. The fourth-order valence-electron chi connectivity index (χ4n) is 3.04. The minimum atomic E-state index is -0.406. The van der Waals surface area contributed by atoms with Gasteiger partial charge >= 0.3 is 0 Å². The van der Waals surface area contributed by atoms with Gasteiger partial charge in [-0.05, 0) is 43.9 Å². The van der Waals surface area contributed by atoms with Crippen LogP contribution in [0.3, 0.4) is 0 Å². The van der Waals surface area contributed by atoms with Crippen LogP contribution < -0.4 is 10.1 Å². The molecule has 0 spiro atoms. The molecule has 6 heteroatoms. The zero-order valence-corrected chi connectivity index (χ0v) is 13.8. The molecule has 1 saturated heterocycles. The van der Waals surface area contributed by atoms with E-state index in [4.69, 9.17) is 9.15 Å². The van der Waals surface area contributed by atoms with Crippen molar-refractivity contribution in [3.63, 3.8) is 0 Å². The molecule has 1 aromatic heterocycles. The van der Waals surface area contributed by atoms with Crippen LogP contribution in [0.2, 0.25) is 0 Å². The third kappa shape index (κ3) is 3.52. The topological polar surface area (TPSA) is 71.8 Å². The molecule has 1 aromatic carbocycles. The Kier molecular flexibility index (Phi) is 4.17. The summed E-state index contributed by atoms with van der Waals surface area (Å²) in [6.07, 6.45) is 3.58. The van der Waals surface area contributed by atoms with E-state index in [1.807, 2.05) is 30.3 Å². The van der Waals surface area contributed by atoms with Crippen LogP contribution in [0.1, 0.15) is 36.2 Å². The smallest absolute Gasteiger partial charge is 0.290 e. The van der Waals surface area contributed by atoms with Crippen LogP contribution in [0.25, 0.3) is 0 Å². The molecule has 6 nitrogen and oxygen atoms in total. The summed E-state index contributed by atoms with van der Waals surface area (Å²) < 4.78 is 11.1. The molecule has 1 unspecified atom stereocenters. The lowest BCUT2D eigenvalue weighted by Gasteiger charge is -2.22. The average molecular weight is 340 g/mol. The molecule has 2 aliphatic rings. The molecule has 130 valence electrons. The van der Waals surface area contributed by atoms with Crippen LogP contribution in [0, 0.1) is 0 Å². The van der Waals surface area contributed by atoms with Gasteiger partial charge in [-0.3, -0.25) is 9.59 Å². The number of benzene rings is 1. The second-order valence-corrected chi connectivity index (χ2v) is 6.47. The van der Waals surface area contributed by atoms with Crippen molar-refractivity contribution in [2.75, 3.05) is 6.54 Å². The third-order valence-electron chi connectivity index (χ3n) is 4.49. The predicted octanol–water partition coefficient (Wildman–Crippen LogP) is 2.96. The molecule has 2 fully saturated rings. The molecule has 4 rings (SSSR count). The van der Waals surface area contributed by atoms with Gasteiger partial charge in [0.25, 0.3) is 11.9 Å². The number of nitrogens with one attached hydrogen (secondary N) is 1. The SMILES string of the molecule is O=C(NC1CC1)C1CCCN1C(=O)c1ccc(Oc2ccccc2)o1. The highest BCUT2D eigenvalue weighted by Gasteiger charge is 2.37. The van der Waals surface area contributed by atoms with Gasteiger partial charge in [0, 0.05) is 18.7 Å². The van der Waals surface area contributed by atoms with Crippen molar-refractivity contribution in [1.29, 1.82) is 0 Å². The fraction of sp³-hybridized carbons (Fsp3) is 0.368. The molecule has 2 amide bonds. The highest BCUT2D eigenvalue weighted by Crippen LogP contribution is 2.27. The van der Waals surface area contributed by atoms with Crippen LogP contribution in [0.4, 0.5) is 0 Å². The number of amides is 2. The van der Waals surface area contributed by atoms with Crippen molar-refractivity contribution in [3.8, 4) is 11.7 Å². The number of hydrogen-bond acceptors (Lipinski definition) is 4. The first-order chi connectivity index (χ1) is 12.2. The van der Waals surface area contributed by atoms with Crippen LogP contribution in [-0.4, -0.2) is 35.3 Å². The first kappa shape index (κ1) is 15.7. The molecule has 0 bridgehead atoms. The standard InChI is InChI=1S/C19H20N2O4/c22-18(20-13-8-9-13)15-7-4-12-21(15)19(23)16-10-11-17(25-16)24-14-5-2-1-3-6-14/h1-3,5-6,10-11,13,15H,4,7-9,12H2,(H,20,22). The van der Waals surface area contributed by atoms with Crippen molar-refractivity contribution >= 4 is 11.8 Å². The van der Waals surface area contributed by atoms with Gasteiger partial charge in [-0.1, -0.05) is 18.2 Å². The third-order valence-corrected chi connectivity index (χ3v) is 4.49. The molecule has 1 N–H and O–H groups in total. The minimum Gasteiger partial charge on any atom is -0.426 e. The highest BCUT2D eigenvalue weighted by molar-refractivity contribution is 5.96. The molecular weight excluding hydrogens is 320 g/mol. The number of hydrogen-bond donors (Lipinski definition) is 1. The monoisotopic (exact) mass is 340 g/mol. The van der Waals surface area contributed by atoms with Crippen LogP contribution in [0.15, 0.2) is 46.9 Å². The van der Waals surface area contributed by atoms with Gasteiger partial charge in [0.1, 0.15) is 11.8 Å². The van der Waals surface area contributed by atoms with E-state index in [2.05, 4.69) is 5.32 Å². The lowest BCUT2D eigenvalue weighted by Crippen LogP contribution is -2.46. The van der Waals surface area contributed by atoms with Crippen LogP contribution >= 0.6 is 0 Å². The maximum absolute atomic E-state index is 12.7. The quantitative estimate of drug-likeness (QED) is 0.908. The van der Waals surface area contributed by atoms with E-state index < -0.39 is 6.04 Å². The van der Waals surface area contributed by atoms with Crippen molar-refractivity contribution < 1.29 is 18.7 Å². The number of carbonyl (C=O) groups excluding carboxylic acids is 2. The summed E-state index contributed by atoms with van der Waals surface area (Å²) in [6.45, 7) is 0.567. The van der Waals surface area contributed by atoms with Crippen LogP contribution in [-0.2, 0) is 4.79 Å². The van der Waals surface area contributed by atoms with E-state index in [1.165, 1.54) is 0 Å². The summed E-state index contributed by atoms with van der Waals surface area (Å²) in [7, 11) is 0. The lowest BCUT2D eigenvalue weighted by atomic mass is 10.2. The number of rotatable bonds is 5. The van der Waals surface area contributed by atoms with Gasteiger partial charge in [0.05, 0.1) is 0 Å². The first-order valence-electron chi connectivity index (χ1n) is 8.65. The lowest BCUT2D eigenvalue weighted by molar-refractivity contribution is -0.125. The second-order valence-electron chi connectivity index (χ2n) is 6.47. The Morgan fingerprint density at radius 1 is 1.08 bits per heavy atom. The number of likely N-dealkylation sites (tertiary alicyclic amines) is 1. The molecule has 1 aliphatic carbocycles. The van der Waals surface area contributed by atoms with E-state index in [9.17, 15) is 9.59 Å². The van der Waals surface area contributed by atoms with Gasteiger partial charge in [-0.2, -0.15) is 0 Å². The van der Waals surface area contributed by atoms with Gasteiger partial charge in [0.2, 0.25) is 5.91 Å². The average Bonchev–Trinajstić information content (AvgIpc) is 3.12. The molecule has 2 heterocycles. The Balaban J connectivity index is 1.44. The number of para-hydroxylation sites is 1. The Bertz CT molecular complexity index is 767. The predicted molar refractivity (Wildman–Crippen MR) is 90.4 cm³/mol. The van der Waals surface area contributed by atoms with Gasteiger partial charge in [0.15, 0.2) is 5.76 Å². The van der Waals surface area contributed by atoms with E-state index in [0.717, 1.165) is 19.3 Å². The molecule has 0 radical (unpaired) electrons. The van der Waals surface area contributed by atoms with Gasteiger partial charge in [-0.15, -0.1) is 0 Å². The Labute approximate surface area is 145 Å². The summed E-state index contributed by atoms with van der Waals surface area (Å²) in [6, 6.07) is 12.3. The molecule has 1 atom stereocenters. The minimum absolute atomic E-state index is 0.0549. The Hall–Kier alpha value is -2.76. The summed E-state index contributed by atoms with van der Waals surface area (Å²) in [5.41, 5.74) is 0. The van der Waals surface area contributed by atoms with E-state index >= 15 is 0 Å². The molecule has 1 aliphatic heterocycles. The van der Waals surface area contributed by atoms with E-state index in [-0.39, 0.29) is 23.5 Å². The van der Waals surface area contributed by atoms with Crippen molar-refractivity contribution in [1.82, 2.24) is 10.2 Å².